The predicted molar refractivity (Wildman–Crippen MR) is 71.8 cm³/mol. The summed E-state index contributed by atoms with van der Waals surface area (Å²) >= 11 is 0. The Morgan fingerprint density at radius 3 is 2.95 bits per heavy atom. The van der Waals surface area contributed by atoms with Crippen LogP contribution >= 0.6 is 0 Å². The molecule has 110 valence electrons. The summed E-state index contributed by atoms with van der Waals surface area (Å²) in [6.07, 6.45) is 0. The number of carboxylic acid groups (broad SMARTS) is 1. The van der Waals surface area contributed by atoms with Gasteiger partial charge in [-0.25, -0.2) is 0 Å². The van der Waals surface area contributed by atoms with Crippen LogP contribution in [0.3, 0.4) is 0 Å². The zero-order valence-corrected chi connectivity index (χ0v) is 11.2. The number of carboxylic acids is 1. The number of nitrogens with zero attached hydrogens (tertiary/aromatic N) is 2. The summed E-state index contributed by atoms with van der Waals surface area (Å²) in [6.45, 7) is 1.86. The van der Waals surface area contributed by atoms with Crippen molar-refractivity contribution in [3.05, 3.63) is 33.9 Å². The van der Waals surface area contributed by atoms with Crippen LogP contribution in [-0.2, 0) is 9.53 Å². The Balaban J connectivity index is 2.27. The van der Waals surface area contributed by atoms with E-state index >= 15 is 0 Å². The summed E-state index contributed by atoms with van der Waals surface area (Å²) in [5, 5.41) is 32.0. The number of nitro benzene ring substituents is 1. The minimum absolute atomic E-state index is 0.0814. The van der Waals surface area contributed by atoms with E-state index in [1.165, 1.54) is 18.2 Å². The van der Waals surface area contributed by atoms with E-state index < -0.39 is 22.3 Å². The normalized spacial score (nSPS) is 24.3. The van der Waals surface area contributed by atoms with Crippen molar-refractivity contribution in [1.29, 1.82) is 5.26 Å². The van der Waals surface area contributed by atoms with Gasteiger partial charge in [0.2, 0.25) is 0 Å². The fraction of sp³-hybridized carbons (Fsp3) is 0.385. The standard InChI is InChI=1S/C13H13N3O5/c1-13(12(17)18)7-21-6-11(13)15-9-2-3-10(16(19)20)8(4-9)5-14/h2-4,11,15H,6-7H2,1H3,(H,17,18). The van der Waals surface area contributed by atoms with Crippen molar-refractivity contribution in [1.82, 2.24) is 0 Å². The van der Waals surface area contributed by atoms with Gasteiger partial charge >= 0.3 is 5.97 Å². The number of benzene rings is 1. The third-order valence-corrected chi connectivity index (χ3v) is 3.60. The van der Waals surface area contributed by atoms with Gasteiger partial charge in [-0.15, -0.1) is 0 Å². The Hall–Kier alpha value is -2.66. The molecule has 0 saturated carbocycles. The molecule has 2 N–H and O–H groups in total. The average Bonchev–Trinajstić information content (AvgIpc) is 2.81. The van der Waals surface area contributed by atoms with Crippen molar-refractivity contribution in [3.63, 3.8) is 0 Å². The first kappa shape index (κ1) is 14.7. The van der Waals surface area contributed by atoms with Gasteiger partial charge in [0.05, 0.1) is 24.2 Å². The minimum atomic E-state index is -1.09. The maximum atomic E-state index is 11.3. The van der Waals surface area contributed by atoms with Gasteiger partial charge in [-0.05, 0) is 19.1 Å². The van der Waals surface area contributed by atoms with Gasteiger partial charge in [0, 0.05) is 11.8 Å². The van der Waals surface area contributed by atoms with Crippen LogP contribution in [0.1, 0.15) is 12.5 Å². The summed E-state index contributed by atoms with van der Waals surface area (Å²) in [7, 11) is 0. The van der Waals surface area contributed by atoms with E-state index in [2.05, 4.69) is 5.32 Å². The Morgan fingerprint density at radius 1 is 1.67 bits per heavy atom. The second kappa shape index (κ2) is 5.38. The molecule has 21 heavy (non-hydrogen) atoms. The first-order valence-electron chi connectivity index (χ1n) is 6.14. The molecule has 1 aromatic carbocycles. The smallest absolute Gasteiger partial charge is 0.313 e. The van der Waals surface area contributed by atoms with Gasteiger partial charge in [-0.3, -0.25) is 14.9 Å². The SMILES string of the molecule is CC1(C(=O)O)COCC1Nc1ccc([N+](=O)[O-])c(C#N)c1. The van der Waals surface area contributed by atoms with Crippen LogP contribution in [0, 0.1) is 26.9 Å². The molecule has 0 aromatic heterocycles. The molecule has 1 aliphatic rings. The number of carbonyl (C=O) groups is 1. The van der Waals surface area contributed by atoms with Gasteiger partial charge in [-0.1, -0.05) is 0 Å². The van der Waals surface area contributed by atoms with Gasteiger partial charge < -0.3 is 15.2 Å². The lowest BCUT2D eigenvalue weighted by Crippen LogP contribution is -2.43. The van der Waals surface area contributed by atoms with Gasteiger partial charge in [0.25, 0.3) is 5.69 Å². The summed E-state index contributed by atoms with van der Waals surface area (Å²) in [4.78, 5) is 21.5. The number of nitrogens with one attached hydrogen (secondary N) is 1. The van der Waals surface area contributed by atoms with Crippen LogP contribution in [0.15, 0.2) is 18.2 Å². The number of aliphatic carboxylic acids is 1. The molecule has 0 bridgehead atoms. The molecule has 8 heteroatoms. The van der Waals surface area contributed by atoms with E-state index in [1.807, 2.05) is 0 Å². The summed E-state index contributed by atoms with van der Waals surface area (Å²) in [5.41, 5.74) is -1.01. The lowest BCUT2D eigenvalue weighted by molar-refractivity contribution is -0.385. The van der Waals surface area contributed by atoms with Crippen molar-refractivity contribution in [3.8, 4) is 6.07 Å². The molecule has 0 spiro atoms. The van der Waals surface area contributed by atoms with Crippen LogP contribution < -0.4 is 5.32 Å². The molecule has 1 aliphatic heterocycles. The molecular formula is C13H13N3O5. The first-order valence-corrected chi connectivity index (χ1v) is 6.14. The molecule has 1 heterocycles. The van der Waals surface area contributed by atoms with E-state index in [9.17, 15) is 20.0 Å². The molecule has 2 unspecified atom stereocenters. The average molecular weight is 291 g/mol. The van der Waals surface area contributed by atoms with Crippen LogP contribution in [0.25, 0.3) is 0 Å². The van der Waals surface area contributed by atoms with Gasteiger partial charge in [-0.2, -0.15) is 5.26 Å². The van der Waals surface area contributed by atoms with Gasteiger partial charge in [0.1, 0.15) is 17.0 Å². The molecular weight excluding hydrogens is 278 g/mol. The van der Waals surface area contributed by atoms with Crippen molar-refractivity contribution < 1.29 is 19.6 Å². The Kier molecular flexibility index (Phi) is 3.78. The maximum Gasteiger partial charge on any atom is 0.313 e. The summed E-state index contributed by atoms with van der Waals surface area (Å²) in [5.74, 6) is -0.986. The largest absolute Gasteiger partial charge is 0.481 e. The number of rotatable bonds is 4. The fourth-order valence-corrected chi connectivity index (χ4v) is 2.16. The number of ether oxygens (including phenoxy) is 1. The monoisotopic (exact) mass is 291 g/mol. The van der Waals surface area contributed by atoms with Crippen molar-refractivity contribution in [2.24, 2.45) is 5.41 Å². The zero-order chi connectivity index (χ0) is 15.6. The second-order valence-corrected chi connectivity index (χ2v) is 5.04. The first-order chi connectivity index (χ1) is 9.88. The quantitative estimate of drug-likeness (QED) is 0.633. The van der Waals surface area contributed by atoms with E-state index in [0.29, 0.717) is 5.69 Å². The lowest BCUT2D eigenvalue weighted by Gasteiger charge is -2.26. The Labute approximate surface area is 120 Å². The van der Waals surface area contributed by atoms with Crippen LogP contribution in [0.2, 0.25) is 0 Å². The minimum Gasteiger partial charge on any atom is -0.481 e. The second-order valence-electron chi connectivity index (χ2n) is 5.04. The van der Waals surface area contributed by atoms with E-state index in [4.69, 9.17) is 10.00 Å². The highest BCUT2D eigenvalue weighted by atomic mass is 16.6. The highest BCUT2D eigenvalue weighted by molar-refractivity contribution is 5.76. The molecule has 1 aromatic rings. The number of anilines is 1. The zero-order valence-electron chi connectivity index (χ0n) is 11.2. The summed E-state index contributed by atoms with van der Waals surface area (Å²) in [6, 6.07) is 5.27. The van der Waals surface area contributed by atoms with E-state index in [-0.39, 0.29) is 24.5 Å². The number of nitriles is 1. The topological polar surface area (TPSA) is 125 Å². The Bertz CT molecular complexity index is 639. The lowest BCUT2D eigenvalue weighted by atomic mass is 9.85. The van der Waals surface area contributed by atoms with E-state index in [1.54, 1.807) is 13.0 Å². The molecule has 0 radical (unpaired) electrons. The highest BCUT2D eigenvalue weighted by Gasteiger charge is 2.46. The van der Waals surface area contributed by atoms with E-state index in [0.717, 1.165) is 0 Å². The Morgan fingerprint density at radius 2 is 2.38 bits per heavy atom. The van der Waals surface area contributed by atoms with Crippen LogP contribution in [-0.4, -0.2) is 35.3 Å². The molecule has 0 amide bonds. The number of nitro groups is 1. The molecule has 2 rings (SSSR count). The molecule has 1 saturated heterocycles. The molecule has 0 aliphatic carbocycles. The molecule has 1 fully saturated rings. The van der Waals surface area contributed by atoms with Crippen LogP contribution in [0.5, 0.6) is 0 Å². The third kappa shape index (κ3) is 2.64. The predicted octanol–water partition coefficient (Wildman–Crippen LogP) is 1.37. The van der Waals surface area contributed by atoms with Crippen molar-refractivity contribution in [2.45, 2.75) is 13.0 Å². The van der Waals surface area contributed by atoms with Crippen molar-refractivity contribution >= 4 is 17.3 Å². The van der Waals surface area contributed by atoms with Crippen molar-refractivity contribution in [2.75, 3.05) is 18.5 Å². The summed E-state index contributed by atoms with van der Waals surface area (Å²) < 4.78 is 5.21. The molecule has 8 nitrogen and oxygen atoms in total. The molecule has 2 atom stereocenters. The highest BCUT2D eigenvalue weighted by Crippen LogP contribution is 2.32. The van der Waals surface area contributed by atoms with Gasteiger partial charge in [0.15, 0.2) is 0 Å². The van der Waals surface area contributed by atoms with Crippen LogP contribution in [0.4, 0.5) is 11.4 Å². The number of hydrogen-bond acceptors (Lipinski definition) is 6. The maximum absolute atomic E-state index is 11.3. The number of hydrogen-bond donors (Lipinski definition) is 2. The third-order valence-electron chi connectivity index (χ3n) is 3.60. The fourth-order valence-electron chi connectivity index (χ4n) is 2.16.